The maximum absolute atomic E-state index is 12.6. The van der Waals surface area contributed by atoms with E-state index in [9.17, 15) is 9.59 Å². The van der Waals surface area contributed by atoms with Gasteiger partial charge in [-0.1, -0.05) is 18.2 Å². The molecule has 1 aromatic heterocycles. The maximum Gasteiger partial charge on any atom is 0.338 e. The number of rotatable bonds is 4. The van der Waals surface area contributed by atoms with Crippen LogP contribution in [0.2, 0.25) is 0 Å². The van der Waals surface area contributed by atoms with Crippen LogP contribution in [0.25, 0.3) is 0 Å². The van der Waals surface area contributed by atoms with Gasteiger partial charge in [0.1, 0.15) is 11.3 Å². The third-order valence-electron chi connectivity index (χ3n) is 4.30. The van der Waals surface area contributed by atoms with E-state index in [0.717, 1.165) is 23.4 Å². The SMILES string of the molecule is CNC(=O)c1cc(C(=O)OC(C)(C)C)cc(Cc2cccc3c2N=C(C)C3)n1. The zero-order valence-electron chi connectivity index (χ0n) is 16.9. The van der Waals surface area contributed by atoms with Gasteiger partial charge in [0.15, 0.2) is 0 Å². The molecule has 2 aromatic rings. The Balaban J connectivity index is 1.99. The molecule has 2 heterocycles. The van der Waals surface area contributed by atoms with E-state index in [0.29, 0.717) is 17.7 Å². The van der Waals surface area contributed by atoms with E-state index in [-0.39, 0.29) is 11.6 Å². The van der Waals surface area contributed by atoms with E-state index in [1.165, 1.54) is 18.7 Å². The van der Waals surface area contributed by atoms with Gasteiger partial charge in [-0.15, -0.1) is 0 Å². The third-order valence-corrected chi connectivity index (χ3v) is 4.30. The molecule has 0 aliphatic carbocycles. The standard InChI is InChI=1S/C22H25N3O3/c1-13-9-14-7-6-8-15(19(14)24-13)10-17-11-16(21(27)28-22(2,3)4)12-18(25-17)20(26)23-5/h6-8,11-12H,9-10H2,1-5H3,(H,23,26). The predicted molar refractivity (Wildman–Crippen MR) is 109 cm³/mol. The molecule has 1 aliphatic heterocycles. The molecule has 6 heteroatoms. The molecule has 6 nitrogen and oxygen atoms in total. The van der Waals surface area contributed by atoms with Crippen LogP contribution in [-0.4, -0.2) is 35.2 Å². The summed E-state index contributed by atoms with van der Waals surface area (Å²) in [6.45, 7) is 7.43. The van der Waals surface area contributed by atoms with Crippen LogP contribution in [-0.2, 0) is 17.6 Å². The molecule has 0 saturated carbocycles. The van der Waals surface area contributed by atoms with Crippen molar-refractivity contribution in [2.24, 2.45) is 4.99 Å². The van der Waals surface area contributed by atoms with Crippen molar-refractivity contribution in [3.63, 3.8) is 0 Å². The lowest BCUT2D eigenvalue weighted by atomic mass is 10.0. The molecule has 0 radical (unpaired) electrons. The highest BCUT2D eigenvalue weighted by Gasteiger charge is 2.21. The van der Waals surface area contributed by atoms with Gasteiger partial charge in [0.05, 0.1) is 11.3 Å². The average molecular weight is 379 g/mol. The summed E-state index contributed by atoms with van der Waals surface area (Å²) >= 11 is 0. The fraction of sp³-hybridized carbons (Fsp3) is 0.364. The van der Waals surface area contributed by atoms with Crippen LogP contribution in [0.4, 0.5) is 5.69 Å². The van der Waals surface area contributed by atoms with E-state index in [1.807, 2.05) is 19.1 Å². The fourth-order valence-corrected chi connectivity index (χ4v) is 3.15. The largest absolute Gasteiger partial charge is 0.456 e. The van der Waals surface area contributed by atoms with Crippen LogP contribution < -0.4 is 5.32 Å². The van der Waals surface area contributed by atoms with Gasteiger partial charge in [0.25, 0.3) is 5.91 Å². The first kappa shape index (κ1) is 19.7. The molecule has 0 spiro atoms. The normalized spacial score (nSPS) is 13.0. The lowest BCUT2D eigenvalue weighted by Gasteiger charge is -2.20. The predicted octanol–water partition coefficient (Wildman–Crippen LogP) is 3.64. The molecule has 0 atom stereocenters. The Morgan fingerprint density at radius 2 is 1.96 bits per heavy atom. The smallest absolute Gasteiger partial charge is 0.338 e. The van der Waals surface area contributed by atoms with Crippen LogP contribution in [0.15, 0.2) is 35.3 Å². The molecule has 0 unspecified atom stereocenters. The number of aliphatic imine (C=N–C) groups is 1. The molecule has 1 aliphatic rings. The molecule has 0 fully saturated rings. The Kier molecular flexibility index (Phi) is 5.31. The van der Waals surface area contributed by atoms with E-state index in [2.05, 4.69) is 21.4 Å². The molecule has 28 heavy (non-hydrogen) atoms. The Labute approximate surface area is 165 Å². The number of ether oxygens (including phenoxy) is 1. The van der Waals surface area contributed by atoms with E-state index < -0.39 is 11.6 Å². The number of pyridine rings is 1. The second-order valence-electron chi connectivity index (χ2n) is 7.94. The molecule has 146 valence electrons. The van der Waals surface area contributed by atoms with Crippen molar-refractivity contribution in [2.75, 3.05) is 7.05 Å². The highest BCUT2D eigenvalue weighted by atomic mass is 16.6. The Hall–Kier alpha value is -3.02. The number of benzene rings is 1. The minimum atomic E-state index is -0.625. The zero-order valence-corrected chi connectivity index (χ0v) is 16.9. The lowest BCUT2D eigenvalue weighted by molar-refractivity contribution is 0.00692. The second kappa shape index (κ2) is 7.54. The molecule has 0 saturated heterocycles. The first-order chi connectivity index (χ1) is 13.2. The summed E-state index contributed by atoms with van der Waals surface area (Å²) in [7, 11) is 1.53. The zero-order chi connectivity index (χ0) is 20.5. The summed E-state index contributed by atoms with van der Waals surface area (Å²) in [6, 6.07) is 9.22. The summed E-state index contributed by atoms with van der Waals surface area (Å²) < 4.78 is 5.47. The van der Waals surface area contributed by atoms with Gasteiger partial charge in [0, 0.05) is 31.3 Å². The Morgan fingerprint density at radius 1 is 1.21 bits per heavy atom. The van der Waals surface area contributed by atoms with Crippen LogP contribution in [0.1, 0.15) is 65.4 Å². The maximum atomic E-state index is 12.6. The topological polar surface area (TPSA) is 80.7 Å². The highest BCUT2D eigenvalue weighted by Crippen LogP contribution is 2.32. The summed E-state index contributed by atoms with van der Waals surface area (Å²) in [4.78, 5) is 33.8. The highest BCUT2D eigenvalue weighted by molar-refractivity contribution is 5.96. The molecule has 1 N–H and O–H groups in total. The molecular weight excluding hydrogens is 354 g/mol. The van der Waals surface area contributed by atoms with Gasteiger partial charge in [-0.2, -0.15) is 0 Å². The molecule has 1 aromatic carbocycles. The number of carbonyl (C=O) groups is 2. The van der Waals surface area contributed by atoms with Crippen molar-refractivity contribution < 1.29 is 14.3 Å². The Morgan fingerprint density at radius 3 is 2.64 bits per heavy atom. The number of fused-ring (bicyclic) bond motifs is 1. The molecule has 3 rings (SSSR count). The fourth-order valence-electron chi connectivity index (χ4n) is 3.15. The minimum absolute atomic E-state index is 0.188. The number of hydrogen-bond acceptors (Lipinski definition) is 5. The number of hydrogen-bond donors (Lipinski definition) is 1. The number of amides is 1. The van der Waals surface area contributed by atoms with Gasteiger partial charge in [-0.25, -0.2) is 9.78 Å². The third kappa shape index (κ3) is 4.44. The van der Waals surface area contributed by atoms with Gasteiger partial charge in [-0.3, -0.25) is 9.79 Å². The second-order valence-corrected chi connectivity index (χ2v) is 7.94. The van der Waals surface area contributed by atoms with Crippen molar-refractivity contribution in [3.05, 3.63) is 58.4 Å². The Bertz CT molecular complexity index is 971. The van der Waals surface area contributed by atoms with Gasteiger partial charge >= 0.3 is 5.97 Å². The van der Waals surface area contributed by atoms with Crippen LogP contribution in [0.5, 0.6) is 0 Å². The summed E-state index contributed by atoms with van der Waals surface area (Å²) in [5, 5.41) is 2.56. The quantitative estimate of drug-likeness (QED) is 0.823. The van der Waals surface area contributed by atoms with E-state index >= 15 is 0 Å². The number of nitrogens with zero attached hydrogens (tertiary/aromatic N) is 2. The molecular formula is C22H25N3O3. The van der Waals surface area contributed by atoms with Gasteiger partial charge < -0.3 is 10.1 Å². The summed E-state index contributed by atoms with van der Waals surface area (Å²) in [5.41, 5.74) is 4.74. The van der Waals surface area contributed by atoms with Gasteiger partial charge in [-0.05, 0) is 51.0 Å². The van der Waals surface area contributed by atoms with Crippen molar-refractivity contribution in [2.45, 2.75) is 46.1 Å². The number of esters is 1. The molecule has 1 amide bonds. The van der Waals surface area contributed by atoms with Crippen molar-refractivity contribution in [1.82, 2.24) is 10.3 Å². The van der Waals surface area contributed by atoms with Crippen LogP contribution >= 0.6 is 0 Å². The number of para-hydroxylation sites is 1. The minimum Gasteiger partial charge on any atom is -0.456 e. The summed E-state index contributed by atoms with van der Waals surface area (Å²) in [5.74, 6) is -0.827. The number of nitrogens with one attached hydrogen (secondary N) is 1. The van der Waals surface area contributed by atoms with Crippen molar-refractivity contribution in [1.29, 1.82) is 0 Å². The van der Waals surface area contributed by atoms with Crippen LogP contribution in [0, 0.1) is 0 Å². The first-order valence-corrected chi connectivity index (χ1v) is 9.27. The summed E-state index contributed by atoms with van der Waals surface area (Å²) in [6.07, 6.45) is 1.32. The van der Waals surface area contributed by atoms with E-state index in [4.69, 9.17) is 4.74 Å². The number of aromatic nitrogens is 1. The monoisotopic (exact) mass is 379 g/mol. The molecule has 0 bridgehead atoms. The lowest BCUT2D eigenvalue weighted by Crippen LogP contribution is -2.25. The first-order valence-electron chi connectivity index (χ1n) is 9.27. The average Bonchev–Trinajstić information content (AvgIpc) is 3.00. The van der Waals surface area contributed by atoms with E-state index in [1.54, 1.807) is 26.8 Å². The number of carbonyl (C=O) groups excluding carboxylic acids is 2. The van der Waals surface area contributed by atoms with Crippen molar-refractivity contribution in [3.8, 4) is 0 Å². The van der Waals surface area contributed by atoms with Crippen molar-refractivity contribution >= 4 is 23.3 Å². The van der Waals surface area contributed by atoms with Gasteiger partial charge in [0.2, 0.25) is 0 Å². The van der Waals surface area contributed by atoms with Crippen LogP contribution in [0.3, 0.4) is 0 Å².